The van der Waals surface area contributed by atoms with Crippen LogP contribution in [0, 0.1) is 6.92 Å². The van der Waals surface area contributed by atoms with Crippen LogP contribution in [-0.4, -0.2) is 17.6 Å². The van der Waals surface area contributed by atoms with Gasteiger partial charge in [0.1, 0.15) is 5.75 Å². The maximum atomic E-state index is 11.8. The van der Waals surface area contributed by atoms with Crippen molar-refractivity contribution in [2.75, 3.05) is 7.11 Å². The van der Waals surface area contributed by atoms with Crippen molar-refractivity contribution in [1.82, 2.24) is 9.88 Å². The summed E-state index contributed by atoms with van der Waals surface area (Å²) in [7, 11) is 1.61. The van der Waals surface area contributed by atoms with Crippen molar-refractivity contribution >= 4 is 17.2 Å². The number of carbonyl (C=O) groups is 1. The van der Waals surface area contributed by atoms with E-state index in [1.54, 1.807) is 17.1 Å². The molecule has 1 N–H and O–H groups in total. The van der Waals surface area contributed by atoms with Gasteiger partial charge in [0.2, 0.25) is 5.91 Å². The molecule has 0 saturated heterocycles. The average Bonchev–Trinajstić information content (AvgIpc) is 2.82. The largest absolute Gasteiger partial charge is 0.497 e. The quantitative estimate of drug-likeness (QED) is 0.887. The van der Waals surface area contributed by atoms with Crippen molar-refractivity contribution in [3.05, 3.63) is 50.6 Å². The molecule has 1 amide bonds. The van der Waals surface area contributed by atoms with Crippen LogP contribution in [0.5, 0.6) is 5.75 Å². The SMILES string of the molecule is COc1cccc(CNC(=O)CCn2c(C)csc2=O)c1. The van der Waals surface area contributed by atoms with Crippen molar-refractivity contribution in [2.24, 2.45) is 0 Å². The van der Waals surface area contributed by atoms with Gasteiger partial charge in [0, 0.05) is 30.6 Å². The minimum Gasteiger partial charge on any atom is -0.497 e. The molecular formula is C15H18N2O3S. The Labute approximate surface area is 127 Å². The molecule has 0 radical (unpaired) electrons. The molecule has 0 saturated carbocycles. The second-order valence-corrected chi connectivity index (χ2v) is 5.49. The Balaban J connectivity index is 1.83. The van der Waals surface area contributed by atoms with Crippen molar-refractivity contribution < 1.29 is 9.53 Å². The molecule has 2 rings (SSSR count). The topological polar surface area (TPSA) is 60.3 Å². The number of amides is 1. The maximum absolute atomic E-state index is 11.8. The van der Waals surface area contributed by atoms with Crippen molar-refractivity contribution in [3.8, 4) is 5.75 Å². The standard InChI is InChI=1S/C15H18N2O3S/c1-11-10-21-15(19)17(11)7-6-14(18)16-9-12-4-3-5-13(8-12)20-2/h3-5,8,10H,6-7,9H2,1-2H3,(H,16,18). The zero-order valence-corrected chi connectivity index (χ0v) is 12.9. The van der Waals surface area contributed by atoms with E-state index in [-0.39, 0.29) is 10.8 Å². The third-order valence-electron chi connectivity index (χ3n) is 3.16. The number of nitrogens with zero attached hydrogens (tertiary/aromatic N) is 1. The molecule has 0 fully saturated rings. The van der Waals surface area contributed by atoms with Crippen LogP contribution in [0.25, 0.3) is 0 Å². The number of aromatic nitrogens is 1. The minimum atomic E-state index is -0.0738. The first-order valence-electron chi connectivity index (χ1n) is 6.64. The molecule has 1 heterocycles. The average molecular weight is 306 g/mol. The van der Waals surface area contributed by atoms with Gasteiger partial charge in [0.05, 0.1) is 7.11 Å². The second kappa shape index (κ2) is 7.08. The first-order valence-corrected chi connectivity index (χ1v) is 7.52. The molecule has 0 aliphatic heterocycles. The summed E-state index contributed by atoms with van der Waals surface area (Å²) in [5.74, 6) is 0.692. The van der Waals surface area contributed by atoms with Gasteiger partial charge in [-0.1, -0.05) is 23.5 Å². The van der Waals surface area contributed by atoms with E-state index in [1.807, 2.05) is 31.2 Å². The summed E-state index contributed by atoms with van der Waals surface area (Å²) >= 11 is 1.16. The second-order valence-electron chi connectivity index (χ2n) is 4.67. The minimum absolute atomic E-state index is 0.0203. The number of rotatable bonds is 6. The van der Waals surface area contributed by atoms with Crippen molar-refractivity contribution in [3.63, 3.8) is 0 Å². The molecule has 0 spiro atoms. The van der Waals surface area contributed by atoms with Gasteiger partial charge in [-0.25, -0.2) is 0 Å². The third-order valence-corrected chi connectivity index (χ3v) is 4.04. The molecule has 21 heavy (non-hydrogen) atoms. The number of nitrogens with one attached hydrogen (secondary N) is 1. The van der Waals surface area contributed by atoms with Crippen LogP contribution in [0.1, 0.15) is 17.7 Å². The fourth-order valence-corrected chi connectivity index (χ4v) is 2.72. The van der Waals surface area contributed by atoms with Gasteiger partial charge in [-0.2, -0.15) is 0 Å². The van der Waals surface area contributed by atoms with Gasteiger partial charge in [-0.15, -0.1) is 0 Å². The monoisotopic (exact) mass is 306 g/mol. The lowest BCUT2D eigenvalue weighted by molar-refractivity contribution is -0.121. The highest BCUT2D eigenvalue weighted by molar-refractivity contribution is 7.07. The predicted molar refractivity (Wildman–Crippen MR) is 82.8 cm³/mol. The van der Waals surface area contributed by atoms with E-state index in [0.717, 1.165) is 28.3 Å². The number of hydrogen-bond acceptors (Lipinski definition) is 4. The molecule has 0 atom stereocenters. The van der Waals surface area contributed by atoms with E-state index in [0.29, 0.717) is 19.5 Å². The van der Waals surface area contributed by atoms with Crippen LogP contribution in [-0.2, 0) is 17.9 Å². The molecule has 6 heteroatoms. The third kappa shape index (κ3) is 4.19. The Morgan fingerprint density at radius 2 is 2.24 bits per heavy atom. The molecular weight excluding hydrogens is 288 g/mol. The molecule has 0 aliphatic rings. The van der Waals surface area contributed by atoms with Gasteiger partial charge < -0.3 is 14.6 Å². The summed E-state index contributed by atoms with van der Waals surface area (Å²) in [6.07, 6.45) is 0.293. The summed E-state index contributed by atoms with van der Waals surface area (Å²) < 4.78 is 6.76. The first kappa shape index (κ1) is 15.3. The number of benzene rings is 1. The molecule has 0 aliphatic carbocycles. The van der Waals surface area contributed by atoms with E-state index in [2.05, 4.69) is 5.32 Å². The smallest absolute Gasteiger partial charge is 0.307 e. The Bertz CT molecular complexity index is 676. The number of methoxy groups -OCH3 is 1. The van der Waals surface area contributed by atoms with Crippen LogP contribution in [0.3, 0.4) is 0 Å². The number of ether oxygens (including phenoxy) is 1. The lowest BCUT2D eigenvalue weighted by Crippen LogP contribution is -2.26. The Morgan fingerprint density at radius 1 is 1.43 bits per heavy atom. The van der Waals surface area contributed by atoms with Crippen LogP contribution in [0.2, 0.25) is 0 Å². The fourth-order valence-electron chi connectivity index (χ4n) is 1.96. The summed E-state index contributed by atoms with van der Waals surface area (Å²) in [5.41, 5.74) is 1.87. The molecule has 1 aromatic carbocycles. The van der Waals surface area contributed by atoms with E-state index in [9.17, 15) is 9.59 Å². The van der Waals surface area contributed by atoms with Crippen LogP contribution < -0.4 is 14.9 Å². The summed E-state index contributed by atoms with van der Waals surface area (Å²) in [6, 6.07) is 7.55. The highest BCUT2D eigenvalue weighted by atomic mass is 32.1. The zero-order valence-electron chi connectivity index (χ0n) is 12.1. The molecule has 1 aromatic heterocycles. The number of thiazole rings is 1. The van der Waals surface area contributed by atoms with Gasteiger partial charge in [-0.05, 0) is 24.6 Å². The first-order chi connectivity index (χ1) is 10.1. The van der Waals surface area contributed by atoms with E-state index >= 15 is 0 Å². The Morgan fingerprint density at radius 3 is 2.90 bits per heavy atom. The summed E-state index contributed by atoms with van der Waals surface area (Å²) in [5, 5.41) is 4.65. The van der Waals surface area contributed by atoms with Crippen molar-refractivity contribution in [1.29, 1.82) is 0 Å². The molecule has 2 aromatic rings. The van der Waals surface area contributed by atoms with E-state index in [1.165, 1.54) is 0 Å². The summed E-state index contributed by atoms with van der Waals surface area (Å²) in [6.45, 7) is 2.73. The highest BCUT2D eigenvalue weighted by Gasteiger charge is 2.06. The van der Waals surface area contributed by atoms with E-state index < -0.39 is 0 Å². The van der Waals surface area contributed by atoms with Crippen LogP contribution in [0.15, 0.2) is 34.4 Å². The Hall–Kier alpha value is -2.08. The lowest BCUT2D eigenvalue weighted by Gasteiger charge is -2.08. The molecule has 112 valence electrons. The van der Waals surface area contributed by atoms with Gasteiger partial charge in [0.15, 0.2) is 0 Å². The van der Waals surface area contributed by atoms with Crippen LogP contribution >= 0.6 is 11.3 Å². The van der Waals surface area contributed by atoms with Gasteiger partial charge in [-0.3, -0.25) is 9.59 Å². The zero-order chi connectivity index (χ0) is 15.2. The Kier molecular flexibility index (Phi) is 5.16. The fraction of sp³-hybridized carbons (Fsp3) is 0.333. The van der Waals surface area contributed by atoms with Gasteiger partial charge >= 0.3 is 4.87 Å². The molecule has 5 nitrogen and oxygen atoms in total. The number of hydrogen-bond donors (Lipinski definition) is 1. The van der Waals surface area contributed by atoms with Gasteiger partial charge in [0.25, 0.3) is 0 Å². The predicted octanol–water partition coefficient (Wildman–Crippen LogP) is 1.93. The normalized spacial score (nSPS) is 10.4. The number of carbonyl (C=O) groups excluding carboxylic acids is 1. The summed E-state index contributed by atoms with van der Waals surface area (Å²) in [4.78, 5) is 23.4. The maximum Gasteiger partial charge on any atom is 0.307 e. The van der Waals surface area contributed by atoms with E-state index in [4.69, 9.17) is 4.74 Å². The lowest BCUT2D eigenvalue weighted by atomic mass is 10.2. The van der Waals surface area contributed by atoms with Crippen LogP contribution in [0.4, 0.5) is 0 Å². The molecule has 0 unspecified atom stereocenters. The molecule has 0 bridgehead atoms. The number of aryl methyl sites for hydroxylation is 1. The van der Waals surface area contributed by atoms with Crippen molar-refractivity contribution in [2.45, 2.75) is 26.4 Å². The highest BCUT2D eigenvalue weighted by Crippen LogP contribution is 2.12.